The molecule has 0 radical (unpaired) electrons. The summed E-state index contributed by atoms with van der Waals surface area (Å²) in [7, 11) is -3.63. The lowest BCUT2D eigenvalue weighted by atomic mass is 10.5. The van der Waals surface area contributed by atoms with Gasteiger partial charge < -0.3 is 10.2 Å². The van der Waals surface area contributed by atoms with Crippen LogP contribution in [0.4, 0.5) is 0 Å². The molecule has 3 N–H and O–H groups in total. The fourth-order valence-electron chi connectivity index (χ4n) is 1.30. The third-order valence-corrected chi connectivity index (χ3v) is 5.42. The van der Waals surface area contributed by atoms with E-state index < -0.39 is 10.0 Å². The Morgan fingerprint density at radius 3 is 2.72 bits per heavy atom. The van der Waals surface area contributed by atoms with Crippen LogP contribution in [0.2, 0.25) is 0 Å². The maximum atomic E-state index is 11.9. The van der Waals surface area contributed by atoms with Crippen molar-refractivity contribution in [3.63, 3.8) is 0 Å². The highest BCUT2D eigenvalue weighted by molar-refractivity contribution is 9.10. The number of hydrogen-bond acceptors (Lipinski definition) is 5. The molecule has 98 valence electrons. The van der Waals surface area contributed by atoms with E-state index in [-0.39, 0.29) is 18.2 Å². The number of sulfonamides is 1. The molecule has 0 spiro atoms. The van der Waals surface area contributed by atoms with Crippen LogP contribution < -0.4 is 10.5 Å². The molecule has 18 heavy (non-hydrogen) atoms. The lowest BCUT2D eigenvalue weighted by Crippen LogP contribution is -2.22. The van der Waals surface area contributed by atoms with Crippen LogP contribution >= 0.6 is 27.3 Å². The van der Waals surface area contributed by atoms with Crippen LogP contribution in [0.25, 0.3) is 0 Å². The zero-order valence-electron chi connectivity index (χ0n) is 9.22. The largest absolute Gasteiger partial charge is 0.447 e. The molecule has 0 atom stereocenters. The van der Waals surface area contributed by atoms with E-state index in [1.165, 1.54) is 17.4 Å². The highest BCUT2D eigenvalue weighted by atomic mass is 79.9. The predicted molar refractivity (Wildman–Crippen MR) is 72.6 cm³/mol. The molecular formula is C10H11BrN2O3S2. The number of nitrogens with two attached hydrogens (primary N) is 1. The zero-order valence-corrected chi connectivity index (χ0v) is 12.4. The Labute approximate surface area is 117 Å². The second kappa shape index (κ2) is 5.54. The van der Waals surface area contributed by atoms with Gasteiger partial charge in [0.15, 0.2) is 0 Å². The van der Waals surface area contributed by atoms with Gasteiger partial charge in [0.05, 0.1) is 6.54 Å². The van der Waals surface area contributed by atoms with E-state index in [1.54, 1.807) is 6.07 Å². The number of furan rings is 1. The van der Waals surface area contributed by atoms with E-state index in [4.69, 9.17) is 10.2 Å². The highest BCUT2D eigenvalue weighted by Crippen LogP contribution is 2.23. The van der Waals surface area contributed by atoms with Gasteiger partial charge in [-0.1, -0.05) is 0 Å². The molecule has 5 nitrogen and oxygen atoms in total. The van der Waals surface area contributed by atoms with Gasteiger partial charge in [0, 0.05) is 15.9 Å². The number of halogens is 1. The van der Waals surface area contributed by atoms with Crippen molar-refractivity contribution in [2.45, 2.75) is 18.2 Å². The summed E-state index contributed by atoms with van der Waals surface area (Å²) in [6.45, 7) is 0.394. The van der Waals surface area contributed by atoms with Gasteiger partial charge in [-0.05, 0) is 39.5 Å². The average molecular weight is 351 g/mol. The monoisotopic (exact) mass is 350 g/mol. The van der Waals surface area contributed by atoms with Crippen molar-refractivity contribution >= 4 is 37.3 Å². The summed E-state index contributed by atoms with van der Waals surface area (Å²) in [6, 6.07) is 4.82. The van der Waals surface area contributed by atoms with Gasteiger partial charge in [0.2, 0.25) is 5.09 Å². The van der Waals surface area contributed by atoms with Crippen molar-refractivity contribution in [2.24, 2.45) is 5.73 Å². The van der Waals surface area contributed by atoms with E-state index in [0.29, 0.717) is 5.76 Å². The molecule has 0 saturated heterocycles. The van der Waals surface area contributed by atoms with E-state index in [2.05, 4.69) is 20.7 Å². The SMILES string of the molecule is NCc1ccc(S(=O)(=O)NCc2sccc2Br)o1. The van der Waals surface area contributed by atoms with Gasteiger partial charge in [0.1, 0.15) is 5.76 Å². The van der Waals surface area contributed by atoms with Gasteiger partial charge in [-0.15, -0.1) is 11.3 Å². The van der Waals surface area contributed by atoms with Crippen molar-refractivity contribution in [1.82, 2.24) is 4.72 Å². The third-order valence-electron chi connectivity index (χ3n) is 2.22. The van der Waals surface area contributed by atoms with E-state index in [9.17, 15) is 8.42 Å². The molecule has 0 aromatic carbocycles. The molecule has 0 bridgehead atoms. The summed E-state index contributed by atoms with van der Waals surface area (Å²) in [5.41, 5.74) is 5.36. The lowest BCUT2D eigenvalue weighted by molar-refractivity contribution is 0.413. The summed E-state index contributed by atoms with van der Waals surface area (Å²) in [5, 5.41) is 1.77. The second-order valence-corrected chi connectivity index (χ2v) is 6.99. The smallest absolute Gasteiger partial charge is 0.274 e. The van der Waals surface area contributed by atoms with Crippen LogP contribution in [0.15, 0.2) is 37.6 Å². The molecular weight excluding hydrogens is 340 g/mol. The quantitative estimate of drug-likeness (QED) is 0.863. The number of nitrogens with one attached hydrogen (secondary N) is 1. The molecule has 0 amide bonds. The van der Waals surface area contributed by atoms with Crippen LogP contribution in [0, 0.1) is 0 Å². The fourth-order valence-corrected chi connectivity index (χ4v) is 3.76. The van der Waals surface area contributed by atoms with Crippen molar-refractivity contribution in [1.29, 1.82) is 0 Å². The van der Waals surface area contributed by atoms with E-state index >= 15 is 0 Å². The first-order valence-electron chi connectivity index (χ1n) is 5.03. The summed E-state index contributed by atoms with van der Waals surface area (Å²) in [6.07, 6.45) is 0. The number of thiophene rings is 1. The molecule has 8 heteroatoms. The summed E-state index contributed by atoms with van der Waals surface area (Å²) < 4.78 is 32.3. The predicted octanol–water partition coefficient (Wildman–Crippen LogP) is 2.04. The van der Waals surface area contributed by atoms with Crippen LogP contribution in [0.1, 0.15) is 10.6 Å². The van der Waals surface area contributed by atoms with Crippen LogP contribution in [0.3, 0.4) is 0 Å². The van der Waals surface area contributed by atoms with Gasteiger partial charge >= 0.3 is 0 Å². The Morgan fingerprint density at radius 2 is 2.17 bits per heavy atom. The molecule has 0 saturated carbocycles. The topological polar surface area (TPSA) is 85.3 Å². The van der Waals surface area contributed by atoms with Crippen LogP contribution in [0.5, 0.6) is 0 Å². The minimum atomic E-state index is -3.63. The van der Waals surface area contributed by atoms with Gasteiger partial charge in [-0.25, -0.2) is 13.1 Å². The number of hydrogen-bond donors (Lipinski definition) is 2. The Balaban J connectivity index is 2.10. The van der Waals surface area contributed by atoms with Gasteiger partial charge in [0.25, 0.3) is 10.0 Å². The van der Waals surface area contributed by atoms with E-state index in [0.717, 1.165) is 9.35 Å². The minimum Gasteiger partial charge on any atom is -0.447 e. The Morgan fingerprint density at radius 1 is 1.39 bits per heavy atom. The Kier molecular flexibility index (Phi) is 4.23. The van der Waals surface area contributed by atoms with Crippen molar-refractivity contribution < 1.29 is 12.8 Å². The maximum absolute atomic E-state index is 11.9. The summed E-state index contributed by atoms with van der Waals surface area (Å²) in [5.74, 6) is 0.438. The van der Waals surface area contributed by atoms with Crippen molar-refractivity contribution in [3.05, 3.63) is 38.7 Å². The lowest BCUT2D eigenvalue weighted by Gasteiger charge is -2.03. The van der Waals surface area contributed by atoms with Crippen LogP contribution in [-0.2, 0) is 23.1 Å². The van der Waals surface area contributed by atoms with Crippen molar-refractivity contribution in [2.75, 3.05) is 0 Å². The molecule has 2 heterocycles. The maximum Gasteiger partial charge on any atom is 0.274 e. The zero-order chi connectivity index (χ0) is 13.2. The highest BCUT2D eigenvalue weighted by Gasteiger charge is 2.18. The number of rotatable bonds is 5. The standard InChI is InChI=1S/C10H11BrN2O3S2/c11-8-3-4-17-9(8)6-13-18(14,15)10-2-1-7(5-12)16-10/h1-4,13H,5-6,12H2. The molecule has 0 aliphatic carbocycles. The summed E-state index contributed by atoms with van der Waals surface area (Å²) in [4.78, 5) is 0.907. The Hall–Kier alpha value is -0.670. The van der Waals surface area contributed by atoms with Crippen LogP contribution in [-0.4, -0.2) is 8.42 Å². The first-order valence-corrected chi connectivity index (χ1v) is 8.19. The third kappa shape index (κ3) is 3.01. The molecule has 0 fully saturated rings. The molecule has 2 aromatic heterocycles. The second-order valence-electron chi connectivity index (χ2n) is 3.44. The Bertz CT molecular complexity index is 633. The molecule has 2 aromatic rings. The van der Waals surface area contributed by atoms with Gasteiger partial charge in [-0.3, -0.25) is 0 Å². The van der Waals surface area contributed by atoms with E-state index in [1.807, 2.05) is 11.4 Å². The first-order chi connectivity index (χ1) is 8.53. The molecule has 2 rings (SSSR count). The van der Waals surface area contributed by atoms with Crippen molar-refractivity contribution in [3.8, 4) is 0 Å². The molecule has 0 aliphatic heterocycles. The van der Waals surface area contributed by atoms with Gasteiger partial charge in [-0.2, -0.15) is 0 Å². The fraction of sp³-hybridized carbons (Fsp3) is 0.200. The average Bonchev–Trinajstić information content (AvgIpc) is 2.95. The normalized spacial score (nSPS) is 11.9. The summed E-state index contributed by atoms with van der Waals surface area (Å²) >= 11 is 4.81. The minimum absolute atomic E-state index is 0.115. The molecule has 0 unspecified atom stereocenters. The molecule has 0 aliphatic rings. The first kappa shape index (κ1) is 13.8.